The van der Waals surface area contributed by atoms with Crippen molar-refractivity contribution in [2.24, 2.45) is 0 Å². The van der Waals surface area contributed by atoms with E-state index in [1.807, 2.05) is 0 Å². The van der Waals surface area contributed by atoms with Gasteiger partial charge < -0.3 is 0 Å². The van der Waals surface area contributed by atoms with Crippen LogP contribution in [0.5, 0.6) is 0 Å². The van der Waals surface area contributed by atoms with Crippen molar-refractivity contribution in [1.82, 2.24) is 0 Å². The van der Waals surface area contributed by atoms with Gasteiger partial charge in [-0.2, -0.15) is 0 Å². The molecule has 0 aromatic carbocycles. The maximum absolute atomic E-state index is 9.33. The molecule has 0 saturated carbocycles. The van der Waals surface area contributed by atoms with Crippen molar-refractivity contribution in [1.29, 1.82) is 0 Å². The molecular weight excluding hydrogens is 698 g/mol. The van der Waals surface area contributed by atoms with E-state index in [1.165, 1.54) is 0 Å². The van der Waals surface area contributed by atoms with E-state index in [2.05, 4.69) is 13.0 Å². The van der Waals surface area contributed by atoms with Crippen LogP contribution in [0.15, 0.2) is 0 Å². The fourth-order valence-corrected chi connectivity index (χ4v) is 0.228. The van der Waals surface area contributed by atoms with E-state index >= 15 is 0 Å². The zero-order valence-electron chi connectivity index (χ0n) is 3.79. The van der Waals surface area contributed by atoms with E-state index in [0.717, 1.165) is 0 Å². The van der Waals surface area contributed by atoms with Gasteiger partial charge in [0.2, 0.25) is 0 Å². The first kappa shape index (κ1) is 17.1. The van der Waals surface area contributed by atoms with Crippen LogP contribution in [-0.2, 0) is 39.7 Å². The van der Waals surface area contributed by atoms with Crippen LogP contribution in [0, 0.1) is 0 Å². The van der Waals surface area contributed by atoms with Crippen LogP contribution < -0.4 is 0 Å². The summed E-state index contributed by atoms with van der Waals surface area (Å²) >= 11 is -1.95. The Labute approximate surface area is 92.2 Å². The van der Waals surface area contributed by atoms with Gasteiger partial charge in [0.05, 0.1) is 0 Å². The molecule has 9 heteroatoms. The van der Waals surface area contributed by atoms with Gasteiger partial charge in [-0.3, -0.25) is 0 Å². The summed E-state index contributed by atoms with van der Waals surface area (Å²) in [6, 6.07) is 0. The molecule has 0 bridgehead atoms. The molecule has 1 radical (unpaired) electrons. The summed E-state index contributed by atoms with van der Waals surface area (Å²) in [6.07, 6.45) is 0. The average Bonchev–Trinajstić information content (AvgIpc) is 1.88. The molecule has 0 aliphatic rings. The minimum absolute atomic E-state index is 0. The van der Waals surface area contributed by atoms with Crippen molar-refractivity contribution < 1.29 is 45.0 Å². The van der Waals surface area contributed by atoms with E-state index in [1.54, 1.807) is 0 Å². The number of hydrogen-bond acceptors (Lipinski definition) is 6. The first-order valence-electron chi connectivity index (χ1n) is 1.06. The molecule has 0 heterocycles. The number of hydrogen-bond donors (Lipinski definition) is 1. The van der Waals surface area contributed by atoms with Gasteiger partial charge in [0.25, 0.3) is 0 Å². The minimum Gasteiger partial charge on any atom is 0 e. The summed E-state index contributed by atoms with van der Waals surface area (Å²) in [4.78, 5) is 0. The molecule has 0 aromatic rings. The first-order chi connectivity index (χ1) is 3.91. The summed E-state index contributed by atoms with van der Waals surface area (Å²) < 4.78 is 21.3. The van der Waals surface area contributed by atoms with Crippen LogP contribution in [-0.4, -0.2) is 53.7 Å². The van der Waals surface area contributed by atoms with Gasteiger partial charge in [0, 0.05) is 21.1 Å². The Balaban J connectivity index is -0.000000109. The van der Waals surface area contributed by atoms with Crippen molar-refractivity contribution in [3.05, 3.63) is 0 Å². The molecule has 6 nitrogen and oxygen atoms in total. The van der Waals surface area contributed by atoms with Crippen molar-refractivity contribution in [3.8, 4) is 0 Å². The van der Waals surface area contributed by atoms with Gasteiger partial charge in [0.15, 0.2) is 0 Å². The third-order valence-electron chi connectivity index (χ3n) is 0.0913. The Kier molecular flexibility index (Phi) is 42.8. The SMILES string of the molecule is [O]=[Bi].[O]=[Bi][O]OOO.[W]. The molecule has 53 valence electrons. The van der Waals surface area contributed by atoms with E-state index in [4.69, 9.17) is 8.07 Å². The molecule has 0 rings (SSSR count). The maximum Gasteiger partial charge on any atom is 0 e. The Morgan fingerprint density at radius 2 is 1.89 bits per heavy atom. The summed E-state index contributed by atoms with van der Waals surface area (Å²) in [7, 11) is 0. The fourth-order valence-electron chi connectivity index (χ4n) is 0.0260. The molecule has 0 aromatic heterocycles. The van der Waals surface area contributed by atoms with E-state index in [9.17, 15) is 2.81 Å². The fraction of sp³-hybridized carbons (Fsp3) is 0. The minimum atomic E-state index is -2.14. The summed E-state index contributed by atoms with van der Waals surface area (Å²) in [6.45, 7) is 0. The third kappa shape index (κ3) is 25.7. The molecule has 0 aliphatic carbocycles. The second kappa shape index (κ2) is 22.5. The number of rotatable bonds is 3. The molecule has 0 fully saturated rings. The molecule has 1 N–H and O–H groups in total. The zero-order valence-corrected chi connectivity index (χ0v) is 13.7. The Bertz CT molecular complexity index is 48.3. The largest absolute Gasteiger partial charge is 0 e. The Morgan fingerprint density at radius 1 is 1.44 bits per heavy atom. The topological polar surface area (TPSA) is 82.1 Å². The van der Waals surface area contributed by atoms with Crippen LogP contribution in [0.3, 0.4) is 0 Å². The first-order valence-corrected chi connectivity index (χ1v) is 5.32. The van der Waals surface area contributed by atoms with E-state index in [0.29, 0.717) is 0 Å². The molecule has 0 atom stereocenters. The predicted octanol–water partition coefficient (Wildman–Crippen LogP) is -1.20. The van der Waals surface area contributed by atoms with E-state index in [-0.39, 0.29) is 45.8 Å². The summed E-state index contributed by atoms with van der Waals surface area (Å²) in [5, 5.41) is 13.5. The van der Waals surface area contributed by atoms with Crippen LogP contribution in [0.4, 0.5) is 0 Å². The van der Waals surface area contributed by atoms with E-state index < -0.39 is 23.7 Å². The second-order valence-electron chi connectivity index (χ2n) is 0.292. The zero-order chi connectivity index (χ0) is 6.83. The molecule has 0 aliphatic heterocycles. The molecule has 9 heavy (non-hydrogen) atoms. The molecule has 0 amide bonds. The normalized spacial score (nSPS) is 5.89. The third-order valence-corrected chi connectivity index (χ3v) is 0.564. The average molecular weight is 699 g/mol. The smallest absolute Gasteiger partial charge is 0 e. The quantitative estimate of drug-likeness (QED) is 0.173. The van der Waals surface area contributed by atoms with Crippen molar-refractivity contribution >= 4 is 48.4 Å². The standard InChI is InChI=1S/2Bi.H2O4.2O.W/c;;1-3-4-2;;;/h;;1-2H;;;/q;+1;;;;/p-1. The van der Waals surface area contributed by atoms with Crippen molar-refractivity contribution in [2.75, 3.05) is 0 Å². The predicted molar refractivity (Wildman–Crippen MR) is 18.8 cm³/mol. The Morgan fingerprint density at radius 3 is 2.00 bits per heavy atom. The van der Waals surface area contributed by atoms with Gasteiger partial charge in [-0.1, -0.05) is 0 Å². The molecule has 0 saturated heterocycles. The summed E-state index contributed by atoms with van der Waals surface area (Å²) in [5.41, 5.74) is 0. The van der Waals surface area contributed by atoms with Crippen LogP contribution in [0.1, 0.15) is 0 Å². The molecular formula is HBi2O6W. The van der Waals surface area contributed by atoms with Gasteiger partial charge in [-0.05, 0) is 0 Å². The van der Waals surface area contributed by atoms with Crippen LogP contribution in [0.25, 0.3) is 0 Å². The second-order valence-corrected chi connectivity index (χ2v) is 1.45. The maximum atomic E-state index is 9.33. The molecule has 0 spiro atoms. The Hall–Kier alpha value is 1.89. The monoisotopic (exact) mass is 699 g/mol. The summed E-state index contributed by atoms with van der Waals surface area (Å²) in [5.74, 6) is 0. The van der Waals surface area contributed by atoms with Crippen molar-refractivity contribution in [3.63, 3.8) is 0 Å². The van der Waals surface area contributed by atoms with Crippen LogP contribution in [0.2, 0.25) is 0 Å². The van der Waals surface area contributed by atoms with Gasteiger partial charge in [-0.15, -0.1) is 0 Å². The van der Waals surface area contributed by atoms with Gasteiger partial charge in [0.1, 0.15) is 0 Å². The van der Waals surface area contributed by atoms with Crippen LogP contribution >= 0.6 is 0 Å². The van der Waals surface area contributed by atoms with Gasteiger partial charge >= 0.3 is 72.3 Å². The van der Waals surface area contributed by atoms with Gasteiger partial charge in [-0.25, -0.2) is 0 Å². The van der Waals surface area contributed by atoms with Crippen molar-refractivity contribution in [2.45, 2.75) is 0 Å². The molecule has 0 unspecified atom stereocenters.